The van der Waals surface area contributed by atoms with Gasteiger partial charge >= 0.3 is 0 Å². The first-order valence-electron chi connectivity index (χ1n) is 10.9. The van der Waals surface area contributed by atoms with Crippen LogP contribution in [0.25, 0.3) is 0 Å². The number of rotatable bonds is 6. The fraction of sp³-hybridized carbons (Fsp3) is 0.364. The van der Waals surface area contributed by atoms with Crippen LogP contribution in [0.5, 0.6) is 0 Å². The molecule has 11 nitrogen and oxygen atoms in total. The fourth-order valence-corrected chi connectivity index (χ4v) is 4.40. The second-order valence-corrected chi connectivity index (χ2v) is 9.80. The van der Waals surface area contributed by atoms with E-state index in [2.05, 4.69) is 31.4 Å². The molecule has 1 N–H and O–H groups in total. The Labute approximate surface area is 211 Å². The number of thiazole rings is 1. The standard InChI is InChI=1S/C14H15N3.C8H10ClN5O3S/c1-10-9-13(11-7-8-11)17-14(15-10)16-12-5-3-2-4-6-12;1-12-4-17-5-13(8(12)11-14(15)16)3-6-2-10-7(9)18-6/h2-6,9,11H,7-8H2,1H3,(H,15,16,17);2H,3-5H2,1H3/b;11-8+. The Morgan fingerprint density at radius 3 is 2.71 bits per heavy atom. The Bertz CT molecular complexity index is 1190. The quantitative estimate of drug-likeness (QED) is 0.374. The summed E-state index contributed by atoms with van der Waals surface area (Å²) >= 11 is 7.05. The van der Waals surface area contributed by atoms with Crippen LogP contribution in [0.1, 0.15) is 35.0 Å². The second kappa shape index (κ2) is 11.4. The number of para-hydroxylation sites is 1. The van der Waals surface area contributed by atoms with Crippen LogP contribution in [-0.4, -0.2) is 56.3 Å². The highest BCUT2D eigenvalue weighted by Gasteiger charge is 2.26. The molecule has 184 valence electrons. The molecule has 0 atom stereocenters. The Hall–Kier alpha value is -3.35. The molecule has 0 radical (unpaired) electrons. The van der Waals surface area contributed by atoms with Gasteiger partial charge in [-0.3, -0.25) is 0 Å². The zero-order valence-electron chi connectivity index (χ0n) is 19.3. The van der Waals surface area contributed by atoms with Crippen LogP contribution < -0.4 is 5.32 Å². The first-order chi connectivity index (χ1) is 16.9. The van der Waals surface area contributed by atoms with Crippen molar-refractivity contribution in [1.29, 1.82) is 0 Å². The maximum Gasteiger partial charge on any atom is 0.277 e. The molecule has 2 fully saturated rings. The number of hydrogen-bond acceptors (Lipinski definition) is 8. The average molecular weight is 517 g/mol. The number of guanidine groups is 1. The van der Waals surface area contributed by atoms with Gasteiger partial charge in [-0.15, -0.1) is 11.3 Å². The number of nitro groups is 1. The third kappa shape index (κ3) is 7.31. The molecule has 5 rings (SSSR count). The van der Waals surface area contributed by atoms with E-state index in [1.807, 2.05) is 37.3 Å². The van der Waals surface area contributed by atoms with Crippen molar-refractivity contribution in [2.45, 2.75) is 32.2 Å². The number of hydrazone groups is 1. The van der Waals surface area contributed by atoms with Gasteiger partial charge in [-0.2, -0.15) is 0 Å². The molecule has 2 aliphatic rings. The topological polar surface area (TPSA) is 122 Å². The number of nitrogens with one attached hydrogen (secondary N) is 1. The van der Waals surface area contributed by atoms with E-state index in [0.29, 0.717) is 22.9 Å². The molecule has 3 heterocycles. The summed E-state index contributed by atoms with van der Waals surface area (Å²) in [5, 5.41) is 16.4. The summed E-state index contributed by atoms with van der Waals surface area (Å²) in [4.78, 5) is 27.5. The summed E-state index contributed by atoms with van der Waals surface area (Å²) in [6.07, 6.45) is 4.16. The lowest BCUT2D eigenvalue weighted by Gasteiger charge is -2.34. The van der Waals surface area contributed by atoms with Crippen molar-refractivity contribution < 1.29 is 9.77 Å². The van der Waals surface area contributed by atoms with Crippen molar-refractivity contribution >= 4 is 40.5 Å². The van der Waals surface area contributed by atoms with Crippen molar-refractivity contribution in [2.24, 2.45) is 5.10 Å². The molecule has 1 aliphatic heterocycles. The van der Waals surface area contributed by atoms with Gasteiger partial charge in [0, 0.05) is 41.1 Å². The number of ether oxygens (including phenoxy) is 1. The van der Waals surface area contributed by atoms with Crippen molar-refractivity contribution in [3.63, 3.8) is 0 Å². The maximum absolute atomic E-state index is 10.5. The average Bonchev–Trinajstić information content (AvgIpc) is 3.59. The van der Waals surface area contributed by atoms with Crippen LogP contribution in [0.3, 0.4) is 0 Å². The van der Waals surface area contributed by atoms with Crippen LogP contribution in [0, 0.1) is 17.0 Å². The first kappa shape index (κ1) is 24.8. The van der Waals surface area contributed by atoms with E-state index in [0.717, 1.165) is 16.3 Å². The molecule has 1 aliphatic carbocycles. The zero-order chi connectivity index (χ0) is 24.8. The molecular formula is C22H25ClN8O3S. The minimum atomic E-state index is -0.718. The van der Waals surface area contributed by atoms with Gasteiger partial charge in [-0.05, 0) is 38.0 Å². The van der Waals surface area contributed by atoms with Gasteiger partial charge in [0.2, 0.25) is 5.95 Å². The monoisotopic (exact) mass is 516 g/mol. The third-order valence-electron chi connectivity index (χ3n) is 5.10. The van der Waals surface area contributed by atoms with Crippen LogP contribution in [0.2, 0.25) is 4.47 Å². The second-order valence-electron chi connectivity index (χ2n) is 8.10. The maximum atomic E-state index is 10.5. The number of benzene rings is 1. The molecule has 2 aromatic heterocycles. The lowest BCUT2D eigenvalue weighted by molar-refractivity contribution is -0.486. The number of hydrogen-bond donors (Lipinski definition) is 1. The van der Waals surface area contributed by atoms with Gasteiger partial charge in [0.05, 0.1) is 6.54 Å². The van der Waals surface area contributed by atoms with Gasteiger partial charge in [0.1, 0.15) is 18.6 Å². The molecule has 35 heavy (non-hydrogen) atoms. The number of aromatic nitrogens is 3. The molecule has 1 saturated carbocycles. The van der Waals surface area contributed by atoms with E-state index in [4.69, 9.17) is 16.3 Å². The highest BCUT2D eigenvalue weighted by molar-refractivity contribution is 7.15. The summed E-state index contributed by atoms with van der Waals surface area (Å²) in [5.41, 5.74) is 3.23. The lowest BCUT2D eigenvalue weighted by Crippen LogP contribution is -2.49. The van der Waals surface area contributed by atoms with E-state index >= 15 is 0 Å². The van der Waals surface area contributed by atoms with Gasteiger partial charge in [0.25, 0.3) is 5.96 Å². The number of nitrogens with zero attached hydrogens (tertiary/aromatic N) is 7. The molecular weight excluding hydrogens is 492 g/mol. The molecule has 13 heteroatoms. The Morgan fingerprint density at radius 1 is 1.29 bits per heavy atom. The number of anilines is 2. The lowest BCUT2D eigenvalue weighted by atomic mass is 10.2. The minimum Gasteiger partial charge on any atom is -0.341 e. The van der Waals surface area contributed by atoms with Crippen LogP contribution in [-0.2, 0) is 11.3 Å². The normalized spacial score (nSPS) is 16.6. The number of halogens is 1. The highest BCUT2D eigenvalue weighted by atomic mass is 35.5. The SMILES string of the molecule is CN1COCN(Cc2cnc(Cl)s2)/C1=N/[N+](=O)[O-].Cc1cc(C2CC2)nc(Nc2ccccc2)n1. The van der Waals surface area contributed by atoms with E-state index in [-0.39, 0.29) is 19.4 Å². The molecule has 1 saturated heterocycles. The predicted octanol–water partition coefficient (Wildman–Crippen LogP) is 4.43. The van der Waals surface area contributed by atoms with Crippen LogP contribution in [0.4, 0.5) is 11.6 Å². The van der Waals surface area contributed by atoms with Gasteiger partial charge in [-0.25, -0.2) is 25.1 Å². The smallest absolute Gasteiger partial charge is 0.277 e. The van der Waals surface area contributed by atoms with E-state index in [1.165, 1.54) is 29.9 Å². The molecule has 0 bridgehead atoms. The summed E-state index contributed by atoms with van der Waals surface area (Å²) < 4.78 is 5.72. The van der Waals surface area contributed by atoms with Crippen molar-refractivity contribution in [3.05, 3.63) is 73.4 Å². The minimum absolute atomic E-state index is 0.243. The molecule has 1 aromatic carbocycles. The molecule has 0 spiro atoms. The Balaban J connectivity index is 0.000000165. The van der Waals surface area contributed by atoms with E-state index < -0.39 is 5.03 Å². The summed E-state index contributed by atoms with van der Waals surface area (Å²) in [6, 6.07) is 12.1. The van der Waals surface area contributed by atoms with E-state index in [1.54, 1.807) is 23.0 Å². The summed E-state index contributed by atoms with van der Waals surface area (Å²) in [7, 11) is 1.67. The number of aryl methyl sites for hydroxylation is 1. The largest absolute Gasteiger partial charge is 0.341 e. The van der Waals surface area contributed by atoms with Crippen molar-refractivity contribution in [1.82, 2.24) is 24.8 Å². The van der Waals surface area contributed by atoms with Crippen LogP contribution >= 0.6 is 22.9 Å². The van der Waals surface area contributed by atoms with Gasteiger partial charge in [0.15, 0.2) is 9.50 Å². The van der Waals surface area contributed by atoms with Crippen molar-refractivity contribution in [3.8, 4) is 0 Å². The van der Waals surface area contributed by atoms with E-state index in [9.17, 15) is 10.1 Å². The van der Waals surface area contributed by atoms with Gasteiger partial charge in [-0.1, -0.05) is 29.8 Å². The molecule has 0 amide bonds. The molecule has 0 unspecified atom stereocenters. The Kier molecular flexibility index (Phi) is 8.06. The fourth-order valence-electron chi connectivity index (χ4n) is 3.41. The summed E-state index contributed by atoms with van der Waals surface area (Å²) in [6.45, 7) is 2.95. The zero-order valence-corrected chi connectivity index (χ0v) is 20.9. The first-order valence-corrected chi connectivity index (χ1v) is 12.1. The molecule has 3 aromatic rings. The highest BCUT2D eigenvalue weighted by Crippen LogP contribution is 2.39. The summed E-state index contributed by atoms with van der Waals surface area (Å²) in [5.74, 6) is 1.63. The van der Waals surface area contributed by atoms with Crippen LogP contribution in [0.15, 0.2) is 47.7 Å². The van der Waals surface area contributed by atoms with Gasteiger partial charge < -0.3 is 19.9 Å². The van der Waals surface area contributed by atoms with Crippen molar-refractivity contribution in [2.75, 3.05) is 25.8 Å². The third-order valence-corrected chi connectivity index (χ3v) is 6.20. The Morgan fingerprint density at radius 2 is 2.06 bits per heavy atom. The predicted molar refractivity (Wildman–Crippen MR) is 134 cm³/mol.